The lowest BCUT2D eigenvalue weighted by Crippen LogP contribution is -2.16. The Morgan fingerprint density at radius 3 is 1.58 bits per heavy atom. The van der Waals surface area contributed by atoms with Crippen LogP contribution in [0.2, 0.25) is 0 Å². The van der Waals surface area contributed by atoms with Crippen LogP contribution in [0.3, 0.4) is 0 Å². The van der Waals surface area contributed by atoms with Crippen LogP contribution in [0.25, 0.3) is 0 Å². The molecule has 1 rings (SSSR count). The van der Waals surface area contributed by atoms with Crippen LogP contribution in [-0.4, -0.2) is 40.1 Å². The first-order valence-electron chi connectivity index (χ1n) is 4.41. The Kier molecular flexibility index (Phi) is 8.88. The zero-order valence-corrected chi connectivity index (χ0v) is 8.34. The molecule has 0 atom stereocenters. The molecule has 0 unspecified atom stereocenters. The third kappa shape index (κ3) is 9.88. The highest BCUT2D eigenvalue weighted by Crippen LogP contribution is 1.88. The summed E-state index contributed by atoms with van der Waals surface area (Å²) in [6, 6.07) is 0. The van der Waals surface area contributed by atoms with Crippen molar-refractivity contribution in [3.8, 4) is 0 Å². The van der Waals surface area contributed by atoms with Crippen LogP contribution in [-0.2, 0) is 14.2 Å². The highest BCUT2D eigenvalue weighted by molar-refractivity contribution is 4.37. The lowest BCUT2D eigenvalue weighted by molar-refractivity contribution is -0.0334. The molecule has 0 aromatic heterocycles. The van der Waals surface area contributed by atoms with E-state index in [-0.39, 0.29) is 0 Å². The fourth-order valence-corrected chi connectivity index (χ4v) is 0.773. The molecule has 0 aliphatic carbocycles. The molecule has 1 saturated heterocycles. The number of hydrogen-bond acceptors (Lipinski definition) is 3. The van der Waals surface area contributed by atoms with Crippen LogP contribution < -0.4 is 0 Å². The second kappa shape index (κ2) is 8.97. The van der Waals surface area contributed by atoms with Crippen LogP contribution in [0.4, 0.5) is 0 Å². The molecule has 0 saturated carbocycles. The van der Waals surface area contributed by atoms with Gasteiger partial charge in [0.1, 0.15) is 0 Å². The summed E-state index contributed by atoms with van der Waals surface area (Å²) in [5, 5.41) is 0. The molecule has 74 valence electrons. The van der Waals surface area contributed by atoms with Crippen molar-refractivity contribution in [2.24, 2.45) is 5.92 Å². The van der Waals surface area contributed by atoms with E-state index < -0.39 is 0 Å². The quantitative estimate of drug-likeness (QED) is 0.635. The van der Waals surface area contributed by atoms with Gasteiger partial charge in [0.05, 0.1) is 26.4 Å². The maximum Gasteiger partial charge on any atom is 0.0701 e. The van der Waals surface area contributed by atoms with Gasteiger partial charge in [0.15, 0.2) is 0 Å². The first-order chi connectivity index (χ1) is 5.77. The molecule has 0 radical (unpaired) electrons. The summed E-state index contributed by atoms with van der Waals surface area (Å²) in [5.74, 6) is 0.676. The largest absolute Gasteiger partial charge is 0.384 e. The van der Waals surface area contributed by atoms with Gasteiger partial charge in [0.25, 0.3) is 0 Å². The molecule has 1 fully saturated rings. The van der Waals surface area contributed by atoms with Gasteiger partial charge in [-0.1, -0.05) is 13.8 Å². The molecule has 12 heavy (non-hydrogen) atoms. The molecule has 3 heteroatoms. The van der Waals surface area contributed by atoms with E-state index in [1.165, 1.54) is 0 Å². The Bertz CT molecular complexity index is 68.3. The molecule has 0 N–H and O–H groups in total. The fraction of sp³-hybridized carbons (Fsp3) is 1.00. The molecule has 0 spiro atoms. The second-order valence-corrected chi connectivity index (χ2v) is 3.07. The Hall–Kier alpha value is -0.120. The van der Waals surface area contributed by atoms with Crippen molar-refractivity contribution in [1.82, 2.24) is 0 Å². The zero-order valence-electron chi connectivity index (χ0n) is 8.34. The zero-order chi connectivity index (χ0) is 9.23. The topological polar surface area (TPSA) is 27.7 Å². The smallest absolute Gasteiger partial charge is 0.0701 e. The molecule has 1 aliphatic heterocycles. The second-order valence-electron chi connectivity index (χ2n) is 3.07. The lowest BCUT2D eigenvalue weighted by atomic mass is 10.2. The monoisotopic (exact) mass is 176 g/mol. The van der Waals surface area contributed by atoms with Gasteiger partial charge in [-0.25, -0.2) is 0 Å². The molecule has 0 aromatic carbocycles. The normalized spacial score (nSPS) is 17.0. The molecule has 0 amide bonds. The van der Waals surface area contributed by atoms with Crippen LogP contribution in [0, 0.1) is 5.92 Å². The lowest BCUT2D eigenvalue weighted by Gasteiger charge is -2.09. The molecular formula is C9H20O3. The fourth-order valence-electron chi connectivity index (χ4n) is 0.773. The maximum absolute atomic E-state index is 4.94. The van der Waals surface area contributed by atoms with Crippen LogP contribution in [0.5, 0.6) is 0 Å². The van der Waals surface area contributed by atoms with E-state index in [0.29, 0.717) is 5.92 Å². The Labute approximate surface area is 75.0 Å². The SMILES string of the molecule is C1COCCO1.COCC(C)C. The summed E-state index contributed by atoms with van der Waals surface area (Å²) in [6.45, 7) is 8.24. The molecule has 3 nitrogen and oxygen atoms in total. The van der Waals surface area contributed by atoms with Gasteiger partial charge in [0, 0.05) is 13.7 Å². The third-order valence-corrected chi connectivity index (χ3v) is 1.24. The van der Waals surface area contributed by atoms with Crippen LogP contribution in [0.15, 0.2) is 0 Å². The summed E-state index contributed by atoms with van der Waals surface area (Å²) in [5.41, 5.74) is 0. The van der Waals surface area contributed by atoms with Crippen molar-refractivity contribution in [1.29, 1.82) is 0 Å². The minimum Gasteiger partial charge on any atom is -0.384 e. The summed E-state index contributed by atoms with van der Waals surface area (Å²) in [7, 11) is 1.72. The first-order valence-corrected chi connectivity index (χ1v) is 4.41. The van der Waals surface area contributed by atoms with E-state index in [0.717, 1.165) is 33.0 Å². The molecule has 0 bridgehead atoms. The van der Waals surface area contributed by atoms with Crippen molar-refractivity contribution in [2.45, 2.75) is 13.8 Å². The van der Waals surface area contributed by atoms with Crippen molar-refractivity contribution in [3.63, 3.8) is 0 Å². The number of methoxy groups -OCH3 is 1. The minimum atomic E-state index is 0.676. The minimum absolute atomic E-state index is 0.676. The van der Waals surface area contributed by atoms with Crippen molar-refractivity contribution in [3.05, 3.63) is 0 Å². The summed E-state index contributed by atoms with van der Waals surface area (Å²) < 4.78 is 14.7. The van der Waals surface area contributed by atoms with Crippen molar-refractivity contribution in [2.75, 3.05) is 40.1 Å². The standard InChI is InChI=1S/C5H12O.C4H8O2/c1-5(2)4-6-3;1-2-6-4-3-5-1/h5H,4H2,1-3H3;1-4H2. The van der Waals surface area contributed by atoms with Gasteiger partial charge in [-0.05, 0) is 5.92 Å². The van der Waals surface area contributed by atoms with E-state index in [4.69, 9.17) is 14.2 Å². The maximum atomic E-state index is 4.94. The highest BCUT2D eigenvalue weighted by Gasteiger charge is 1.94. The number of hydrogen-bond donors (Lipinski definition) is 0. The predicted molar refractivity (Wildman–Crippen MR) is 48.4 cm³/mol. The van der Waals surface area contributed by atoms with Crippen LogP contribution >= 0.6 is 0 Å². The molecule has 1 heterocycles. The Balaban J connectivity index is 0.000000202. The Morgan fingerprint density at radius 2 is 1.50 bits per heavy atom. The molecular weight excluding hydrogens is 156 g/mol. The molecule has 1 aliphatic rings. The summed E-state index contributed by atoms with van der Waals surface area (Å²) in [4.78, 5) is 0. The van der Waals surface area contributed by atoms with Gasteiger partial charge in [0.2, 0.25) is 0 Å². The van der Waals surface area contributed by atoms with Gasteiger partial charge in [-0.2, -0.15) is 0 Å². The number of ether oxygens (including phenoxy) is 3. The molecule has 0 aromatic rings. The van der Waals surface area contributed by atoms with E-state index in [1.807, 2.05) is 0 Å². The van der Waals surface area contributed by atoms with Gasteiger partial charge >= 0.3 is 0 Å². The number of rotatable bonds is 2. The highest BCUT2D eigenvalue weighted by atomic mass is 16.6. The van der Waals surface area contributed by atoms with E-state index >= 15 is 0 Å². The average molecular weight is 176 g/mol. The van der Waals surface area contributed by atoms with Gasteiger partial charge < -0.3 is 14.2 Å². The van der Waals surface area contributed by atoms with Gasteiger partial charge in [-0.3, -0.25) is 0 Å². The first kappa shape index (κ1) is 11.9. The average Bonchev–Trinajstić information content (AvgIpc) is 2.08. The summed E-state index contributed by atoms with van der Waals surface area (Å²) >= 11 is 0. The van der Waals surface area contributed by atoms with Crippen molar-refractivity contribution < 1.29 is 14.2 Å². The van der Waals surface area contributed by atoms with Crippen LogP contribution in [0.1, 0.15) is 13.8 Å². The van der Waals surface area contributed by atoms with Gasteiger partial charge in [-0.15, -0.1) is 0 Å². The predicted octanol–water partition coefficient (Wildman–Crippen LogP) is 1.32. The summed E-state index contributed by atoms with van der Waals surface area (Å²) in [6.07, 6.45) is 0. The Morgan fingerprint density at radius 1 is 1.08 bits per heavy atom. The third-order valence-electron chi connectivity index (χ3n) is 1.24. The van der Waals surface area contributed by atoms with E-state index in [2.05, 4.69) is 13.8 Å². The van der Waals surface area contributed by atoms with E-state index in [1.54, 1.807) is 7.11 Å². The van der Waals surface area contributed by atoms with E-state index in [9.17, 15) is 0 Å². The van der Waals surface area contributed by atoms with Crippen molar-refractivity contribution >= 4 is 0 Å².